The van der Waals surface area contributed by atoms with Gasteiger partial charge in [0.1, 0.15) is 19.0 Å². The maximum Gasteiger partial charge on any atom is 0.227 e. The van der Waals surface area contributed by atoms with Crippen LogP contribution in [0.15, 0.2) is 42.6 Å². The van der Waals surface area contributed by atoms with Gasteiger partial charge in [-0.3, -0.25) is 4.79 Å². The van der Waals surface area contributed by atoms with E-state index in [-0.39, 0.29) is 11.8 Å². The molecule has 0 radical (unpaired) electrons. The molecule has 1 unspecified atom stereocenters. The summed E-state index contributed by atoms with van der Waals surface area (Å²) in [6.45, 7) is 1.82. The van der Waals surface area contributed by atoms with E-state index in [1.54, 1.807) is 19.4 Å². The van der Waals surface area contributed by atoms with Crippen LogP contribution in [0.2, 0.25) is 0 Å². The van der Waals surface area contributed by atoms with E-state index in [2.05, 4.69) is 10.3 Å². The monoisotopic (exact) mass is 342 g/mol. The molecule has 0 saturated heterocycles. The van der Waals surface area contributed by atoms with Crippen molar-refractivity contribution in [2.45, 2.75) is 13.0 Å². The maximum absolute atomic E-state index is 12.4. The summed E-state index contributed by atoms with van der Waals surface area (Å²) in [5.74, 6) is 1.25. The van der Waals surface area contributed by atoms with Gasteiger partial charge in [0.05, 0.1) is 12.5 Å². The van der Waals surface area contributed by atoms with Crippen molar-refractivity contribution < 1.29 is 19.0 Å². The molecule has 1 aromatic carbocycles. The van der Waals surface area contributed by atoms with Gasteiger partial charge in [0.25, 0.3) is 0 Å². The second kappa shape index (κ2) is 8.48. The van der Waals surface area contributed by atoms with E-state index in [0.29, 0.717) is 38.7 Å². The third kappa shape index (κ3) is 4.70. The van der Waals surface area contributed by atoms with Crippen molar-refractivity contribution in [1.29, 1.82) is 0 Å². The number of carbonyl (C=O) groups excluding carboxylic acids is 1. The van der Waals surface area contributed by atoms with Gasteiger partial charge in [0, 0.05) is 25.9 Å². The lowest BCUT2D eigenvalue weighted by Crippen LogP contribution is -2.37. The van der Waals surface area contributed by atoms with Gasteiger partial charge in [0.2, 0.25) is 11.8 Å². The van der Waals surface area contributed by atoms with Crippen molar-refractivity contribution in [3.63, 3.8) is 0 Å². The number of para-hydroxylation sites is 1. The minimum atomic E-state index is -0.167. The molecule has 1 amide bonds. The van der Waals surface area contributed by atoms with Crippen LogP contribution in [0, 0.1) is 5.92 Å². The molecule has 1 atom stereocenters. The number of hydrogen-bond acceptors (Lipinski definition) is 5. The van der Waals surface area contributed by atoms with Crippen LogP contribution in [-0.4, -0.2) is 37.8 Å². The molecule has 1 aromatic heterocycles. The summed E-state index contributed by atoms with van der Waals surface area (Å²) in [6.07, 6.45) is 2.40. The number of fused-ring (bicyclic) bond motifs is 1. The maximum atomic E-state index is 12.4. The highest BCUT2D eigenvalue weighted by Crippen LogP contribution is 2.26. The predicted molar refractivity (Wildman–Crippen MR) is 92.6 cm³/mol. The summed E-state index contributed by atoms with van der Waals surface area (Å²) in [6, 6.07) is 11.5. The molecule has 0 bridgehead atoms. The van der Waals surface area contributed by atoms with Crippen LogP contribution in [0.25, 0.3) is 0 Å². The van der Waals surface area contributed by atoms with Crippen molar-refractivity contribution in [2.75, 3.05) is 26.9 Å². The van der Waals surface area contributed by atoms with Gasteiger partial charge >= 0.3 is 0 Å². The van der Waals surface area contributed by atoms with Gasteiger partial charge in [0.15, 0.2) is 0 Å². The molecular formula is C19H22N2O4. The van der Waals surface area contributed by atoms with Crippen LogP contribution in [0.5, 0.6) is 11.6 Å². The fraction of sp³-hybridized carbons (Fsp3) is 0.368. The minimum Gasteiger partial charge on any atom is -0.492 e. The number of nitrogens with zero attached hydrogens (tertiary/aromatic N) is 1. The molecule has 25 heavy (non-hydrogen) atoms. The molecule has 6 heteroatoms. The molecule has 1 aliphatic heterocycles. The zero-order valence-electron chi connectivity index (χ0n) is 14.2. The third-order valence-electron chi connectivity index (χ3n) is 4.05. The Bertz CT molecular complexity index is 703. The quantitative estimate of drug-likeness (QED) is 0.779. The van der Waals surface area contributed by atoms with E-state index >= 15 is 0 Å². The van der Waals surface area contributed by atoms with Crippen LogP contribution in [-0.2, 0) is 22.5 Å². The van der Waals surface area contributed by atoms with Crippen molar-refractivity contribution in [1.82, 2.24) is 10.3 Å². The molecule has 2 heterocycles. The number of hydrogen-bond donors (Lipinski definition) is 1. The average molecular weight is 342 g/mol. The number of carbonyl (C=O) groups is 1. The number of nitrogens with one attached hydrogen (secondary N) is 1. The Morgan fingerprint density at radius 1 is 1.28 bits per heavy atom. The number of amides is 1. The number of benzene rings is 1. The number of aromatic nitrogens is 1. The third-order valence-corrected chi connectivity index (χ3v) is 4.05. The number of rotatable bonds is 7. The van der Waals surface area contributed by atoms with Gasteiger partial charge in [-0.05, 0) is 23.6 Å². The zero-order valence-corrected chi connectivity index (χ0v) is 14.2. The summed E-state index contributed by atoms with van der Waals surface area (Å²) in [4.78, 5) is 16.6. The first-order chi connectivity index (χ1) is 12.3. The van der Waals surface area contributed by atoms with Gasteiger partial charge < -0.3 is 19.5 Å². The van der Waals surface area contributed by atoms with Crippen molar-refractivity contribution in [3.05, 3.63) is 53.7 Å². The molecule has 1 aliphatic rings. The Kier molecular flexibility index (Phi) is 5.85. The lowest BCUT2D eigenvalue weighted by atomic mass is 9.96. The first-order valence-corrected chi connectivity index (χ1v) is 8.31. The average Bonchev–Trinajstić information content (AvgIpc) is 2.67. The molecule has 0 fully saturated rings. The fourth-order valence-electron chi connectivity index (χ4n) is 2.66. The van der Waals surface area contributed by atoms with Crippen LogP contribution in [0.1, 0.15) is 11.1 Å². The molecule has 3 rings (SSSR count). The number of methoxy groups -OCH3 is 1. The zero-order chi connectivity index (χ0) is 17.5. The lowest BCUT2D eigenvalue weighted by Gasteiger charge is -2.24. The fourth-order valence-corrected chi connectivity index (χ4v) is 2.66. The summed E-state index contributed by atoms with van der Waals surface area (Å²) in [5.41, 5.74) is 2.00. The Hall–Kier alpha value is -2.60. The highest BCUT2D eigenvalue weighted by atomic mass is 16.5. The van der Waals surface area contributed by atoms with Gasteiger partial charge in [-0.1, -0.05) is 24.3 Å². The van der Waals surface area contributed by atoms with E-state index in [0.717, 1.165) is 16.9 Å². The molecule has 0 spiro atoms. The first kappa shape index (κ1) is 17.2. The SMILES string of the molecule is COCCOc1ccc(CNC(=O)C2COc3ccccc3C2)cn1. The first-order valence-electron chi connectivity index (χ1n) is 8.31. The van der Waals surface area contributed by atoms with E-state index < -0.39 is 0 Å². The van der Waals surface area contributed by atoms with E-state index in [1.807, 2.05) is 30.3 Å². The standard InChI is InChI=1S/C19H22N2O4/c1-23-8-9-24-18-7-6-14(11-20-18)12-21-19(22)16-10-15-4-2-3-5-17(15)25-13-16/h2-7,11,16H,8-10,12-13H2,1H3,(H,21,22). The van der Waals surface area contributed by atoms with Crippen LogP contribution in [0.3, 0.4) is 0 Å². The molecule has 2 aromatic rings. The van der Waals surface area contributed by atoms with Crippen molar-refractivity contribution >= 4 is 5.91 Å². The lowest BCUT2D eigenvalue weighted by molar-refractivity contribution is -0.126. The van der Waals surface area contributed by atoms with Crippen molar-refractivity contribution in [3.8, 4) is 11.6 Å². The largest absolute Gasteiger partial charge is 0.492 e. The molecule has 0 saturated carbocycles. The van der Waals surface area contributed by atoms with Crippen LogP contribution >= 0.6 is 0 Å². The topological polar surface area (TPSA) is 69.7 Å². The summed E-state index contributed by atoms with van der Waals surface area (Å²) in [7, 11) is 1.62. The summed E-state index contributed by atoms with van der Waals surface area (Å²) < 4.78 is 16.0. The highest BCUT2D eigenvalue weighted by Gasteiger charge is 2.25. The van der Waals surface area contributed by atoms with Crippen LogP contribution < -0.4 is 14.8 Å². The molecule has 1 N–H and O–H groups in total. The van der Waals surface area contributed by atoms with E-state index in [1.165, 1.54) is 0 Å². The Labute approximate surface area is 147 Å². The molecule has 132 valence electrons. The van der Waals surface area contributed by atoms with E-state index in [9.17, 15) is 4.79 Å². The van der Waals surface area contributed by atoms with Gasteiger partial charge in [-0.15, -0.1) is 0 Å². The summed E-state index contributed by atoms with van der Waals surface area (Å²) in [5, 5.41) is 2.95. The van der Waals surface area contributed by atoms with Gasteiger partial charge in [-0.25, -0.2) is 4.98 Å². The normalized spacial score (nSPS) is 15.8. The second-order valence-corrected chi connectivity index (χ2v) is 5.88. The van der Waals surface area contributed by atoms with Crippen LogP contribution in [0.4, 0.5) is 0 Å². The predicted octanol–water partition coefficient (Wildman–Crippen LogP) is 1.97. The smallest absolute Gasteiger partial charge is 0.227 e. The molecular weight excluding hydrogens is 320 g/mol. The van der Waals surface area contributed by atoms with Crippen molar-refractivity contribution in [2.24, 2.45) is 5.92 Å². The number of pyridine rings is 1. The Balaban J connectivity index is 1.48. The Morgan fingerprint density at radius 3 is 2.96 bits per heavy atom. The minimum absolute atomic E-state index is 0.00470. The molecule has 0 aliphatic carbocycles. The Morgan fingerprint density at radius 2 is 2.16 bits per heavy atom. The number of ether oxygens (including phenoxy) is 3. The van der Waals surface area contributed by atoms with E-state index in [4.69, 9.17) is 14.2 Å². The highest BCUT2D eigenvalue weighted by molar-refractivity contribution is 5.79. The summed E-state index contributed by atoms with van der Waals surface area (Å²) >= 11 is 0. The molecule has 6 nitrogen and oxygen atoms in total. The van der Waals surface area contributed by atoms with Gasteiger partial charge in [-0.2, -0.15) is 0 Å². The second-order valence-electron chi connectivity index (χ2n) is 5.88.